The van der Waals surface area contributed by atoms with E-state index < -0.39 is 0 Å². The molecule has 0 bridgehead atoms. The average Bonchev–Trinajstić information content (AvgIpc) is 2.42. The molecule has 1 aromatic rings. The Labute approximate surface area is 88.9 Å². The fraction of sp³-hybridized carbons (Fsp3) is 0.154. The van der Waals surface area contributed by atoms with E-state index in [1.165, 1.54) is 0 Å². The van der Waals surface area contributed by atoms with Crippen LogP contribution >= 0.6 is 0 Å². The standard InChI is InChI=1S/C13H12O2/c1-10-2-4-12-8-11(6-7-14)3-5-13(12)15-9-10/h2-5,7-8H,1,6,9H2. The molecule has 0 saturated carbocycles. The minimum absolute atomic E-state index is 0.446. The van der Waals surface area contributed by atoms with Gasteiger partial charge in [0.1, 0.15) is 18.6 Å². The number of benzene rings is 1. The Bertz CT molecular complexity index is 430. The normalized spacial score (nSPS) is 14.0. The summed E-state index contributed by atoms with van der Waals surface area (Å²) in [6.07, 6.45) is 5.26. The third-order valence-corrected chi connectivity index (χ3v) is 2.30. The van der Waals surface area contributed by atoms with Crippen molar-refractivity contribution < 1.29 is 9.53 Å². The van der Waals surface area contributed by atoms with Crippen LogP contribution in [0.15, 0.2) is 36.4 Å². The largest absolute Gasteiger partial charge is 0.488 e. The number of ether oxygens (including phenoxy) is 1. The van der Waals surface area contributed by atoms with Crippen LogP contribution in [0, 0.1) is 0 Å². The van der Waals surface area contributed by atoms with Crippen molar-refractivity contribution in [2.24, 2.45) is 0 Å². The lowest BCUT2D eigenvalue weighted by molar-refractivity contribution is -0.107. The molecule has 1 heterocycles. The first-order valence-electron chi connectivity index (χ1n) is 4.85. The maximum atomic E-state index is 10.4. The maximum Gasteiger partial charge on any atom is 0.127 e. The molecule has 0 fully saturated rings. The van der Waals surface area contributed by atoms with Crippen LogP contribution in [0.2, 0.25) is 0 Å². The van der Waals surface area contributed by atoms with Gasteiger partial charge in [-0.25, -0.2) is 0 Å². The molecule has 2 nitrogen and oxygen atoms in total. The molecule has 0 N–H and O–H groups in total. The summed E-state index contributed by atoms with van der Waals surface area (Å²) in [5.74, 6) is 0.847. The predicted octanol–water partition coefficient (Wildman–Crippen LogP) is 2.39. The molecule has 2 rings (SSSR count). The molecule has 1 aromatic carbocycles. The topological polar surface area (TPSA) is 26.3 Å². The summed E-state index contributed by atoms with van der Waals surface area (Å²) in [4.78, 5) is 10.4. The fourth-order valence-corrected chi connectivity index (χ4v) is 1.51. The molecule has 0 aromatic heterocycles. The van der Waals surface area contributed by atoms with Gasteiger partial charge in [0.15, 0.2) is 0 Å². The van der Waals surface area contributed by atoms with Gasteiger partial charge in [0, 0.05) is 12.0 Å². The number of aldehydes is 1. The molecule has 0 unspecified atom stereocenters. The lowest BCUT2D eigenvalue weighted by Gasteiger charge is -2.07. The van der Waals surface area contributed by atoms with Gasteiger partial charge in [0.25, 0.3) is 0 Å². The van der Waals surface area contributed by atoms with Crippen molar-refractivity contribution in [3.63, 3.8) is 0 Å². The number of fused-ring (bicyclic) bond motifs is 1. The van der Waals surface area contributed by atoms with Crippen molar-refractivity contribution >= 4 is 12.4 Å². The Hall–Kier alpha value is -1.83. The van der Waals surface area contributed by atoms with E-state index >= 15 is 0 Å². The monoisotopic (exact) mass is 200 g/mol. The van der Waals surface area contributed by atoms with Crippen molar-refractivity contribution in [3.05, 3.63) is 47.6 Å². The van der Waals surface area contributed by atoms with Crippen molar-refractivity contribution in [1.82, 2.24) is 0 Å². The second-order valence-electron chi connectivity index (χ2n) is 3.52. The predicted molar refractivity (Wildman–Crippen MR) is 59.9 cm³/mol. The van der Waals surface area contributed by atoms with Gasteiger partial charge in [-0.1, -0.05) is 24.8 Å². The molecule has 0 amide bonds. The third kappa shape index (κ3) is 2.15. The van der Waals surface area contributed by atoms with Crippen LogP contribution in [-0.2, 0) is 11.2 Å². The van der Waals surface area contributed by atoms with Gasteiger partial charge in [-0.2, -0.15) is 0 Å². The van der Waals surface area contributed by atoms with Crippen LogP contribution in [0.5, 0.6) is 5.75 Å². The van der Waals surface area contributed by atoms with Gasteiger partial charge in [-0.15, -0.1) is 0 Å². The van der Waals surface area contributed by atoms with E-state index in [9.17, 15) is 4.79 Å². The molecule has 2 heteroatoms. The second-order valence-corrected chi connectivity index (χ2v) is 3.52. The van der Waals surface area contributed by atoms with Gasteiger partial charge in [-0.3, -0.25) is 0 Å². The van der Waals surface area contributed by atoms with Crippen LogP contribution in [-0.4, -0.2) is 12.9 Å². The van der Waals surface area contributed by atoms with E-state index in [1.54, 1.807) is 0 Å². The molecule has 0 saturated heterocycles. The van der Waals surface area contributed by atoms with Crippen molar-refractivity contribution in [3.8, 4) is 5.75 Å². The zero-order valence-electron chi connectivity index (χ0n) is 8.40. The molecule has 0 atom stereocenters. The minimum Gasteiger partial charge on any atom is -0.488 e. The summed E-state index contributed by atoms with van der Waals surface area (Å²) in [6, 6.07) is 5.78. The Morgan fingerprint density at radius 3 is 3.07 bits per heavy atom. The first-order valence-corrected chi connectivity index (χ1v) is 4.85. The minimum atomic E-state index is 0.446. The maximum absolute atomic E-state index is 10.4. The number of hydrogen-bond donors (Lipinski definition) is 0. The fourth-order valence-electron chi connectivity index (χ4n) is 1.51. The molecule has 0 spiro atoms. The van der Waals surface area contributed by atoms with E-state index in [0.29, 0.717) is 13.0 Å². The van der Waals surface area contributed by atoms with Crippen LogP contribution in [0.3, 0.4) is 0 Å². The molecule has 76 valence electrons. The lowest BCUT2D eigenvalue weighted by atomic mass is 10.1. The SMILES string of the molecule is C=C1C=Cc2cc(CC=O)ccc2OC1. The van der Waals surface area contributed by atoms with Gasteiger partial charge in [-0.05, 0) is 23.3 Å². The smallest absolute Gasteiger partial charge is 0.127 e. The molecule has 1 aliphatic rings. The van der Waals surface area contributed by atoms with E-state index in [0.717, 1.165) is 28.7 Å². The zero-order valence-corrected chi connectivity index (χ0v) is 8.40. The highest BCUT2D eigenvalue weighted by molar-refractivity contribution is 5.64. The Balaban J connectivity index is 2.37. The summed E-state index contributed by atoms with van der Waals surface area (Å²) in [5.41, 5.74) is 2.96. The second kappa shape index (κ2) is 4.13. The number of carbonyl (C=O) groups is 1. The summed E-state index contributed by atoms with van der Waals surface area (Å²) < 4.78 is 5.54. The molecule has 15 heavy (non-hydrogen) atoms. The Morgan fingerprint density at radius 1 is 1.40 bits per heavy atom. The molecule has 0 aliphatic carbocycles. The summed E-state index contributed by atoms with van der Waals surface area (Å²) >= 11 is 0. The Morgan fingerprint density at radius 2 is 2.27 bits per heavy atom. The highest BCUT2D eigenvalue weighted by atomic mass is 16.5. The number of rotatable bonds is 2. The van der Waals surface area contributed by atoms with Crippen molar-refractivity contribution in [2.75, 3.05) is 6.61 Å². The van der Waals surface area contributed by atoms with Gasteiger partial charge in [0.2, 0.25) is 0 Å². The Kier molecular flexibility index (Phi) is 2.68. The van der Waals surface area contributed by atoms with E-state index in [4.69, 9.17) is 4.74 Å². The summed E-state index contributed by atoms with van der Waals surface area (Å²) in [7, 11) is 0. The average molecular weight is 200 g/mol. The van der Waals surface area contributed by atoms with Gasteiger partial charge < -0.3 is 9.53 Å². The molecular formula is C13H12O2. The van der Waals surface area contributed by atoms with Crippen molar-refractivity contribution in [2.45, 2.75) is 6.42 Å². The van der Waals surface area contributed by atoms with Crippen LogP contribution < -0.4 is 4.74 Å². The number of carbonyl (C=O) groups excluding carboxylic acids is 1. The van der Waals surface area contributed by atoms with Gasteiger partial charge in [0.05, 0.1) is 0 Å². The molecule has 1 aliphatic heterocycles. The molecule has 0 radical (unpaired) electrons. The van der Waals surface area contributed by atoms with Crippen LogP contribution in [0.25, 0.3) is 6.08 Å². The van der Waals surface area contributed by atoms with Crippen LogP contribution in [0.1, 0.15) is 11.1 Å². The summed E-state index contributed by atoms with van der Waals surface area (Å²) in [5, 5.41) is 0. The first kappa shape index (κ1) is 9.71. The van der Waals surface area contributed by atoms with Crippen molar-refractivity contribution in [1.29, 1.82) is 0 Å². The van der Waals surface area contributed by atoms with Crippen LogP contribution in [0.4, 0.5) is 0 Å². The number of hydrogen-bond acceptors (Lipinski definition) is 2. The third-order valence-electron chi connectivity index (χ3n) is 2.30. The quantitative estimate of drug-likeness (QED) is 0.685. The van der Waals surface area contributed by atoms with E-state index in [2.05, 4.69) is 6.58 Å². The zero-order chi connectivity index (χ0) is 10.7. The van der Waals surface area contributed by atoms with Gasteiger partial charge >= 0.3 is 0 Å². The summed E-state index contributed by atoms with van der Waals surface area (Å²) in [6.45, 7) is 4.37. The molecular weight excluding hydrogens is 188 g/mol. The van der Waals surface area contributed by atoms with E-state index in [-0.39, 0.29) is 0 Å². The highest BCUT2D eigenvalue weighted by Gasteiger charge is 2.06. The first-order chi connectivity index (χ1) is 7.29. The van der Waals surface area contributed by atoms with E-state index in [1.807, 2.05) is 30.4 Å². The lowest BCUT2D eigenvalue weighted by Crippen LogP contribution is -1.97. The highest BCUT2D eigenvalue weighted by Crippen LogP contribution is 2.25.